The number of rotatable bonds is 0. The van der Waals surface area contributed by atoms with Gasteiger partial charge in [-0.15, -0.1) is 0 Å². The normalized spacial score (nSPS) is 13.4. The molecule has 0 fully saturated rings. The summed E-state index contributed by atoms with van der Waals surface area (Å²) < 4.78 is 4.39. The third-order valence-electron chi connectivity index (χ3n) is 11.9. The summed E-state index contributed by atoms with van der Waals surface area (Å²) in [6, 6.07) is 61.3. The minimum absolute atomic E-state index is 1.10. The summed E-state index contributed by atoms with van der Waals surface area (Å²) in [6.45, 7) is 0. The molecule has 0 amide bonds. The van der Waals surface area contributed by atoms with Crippen molar-refractivity contribution in [3.8, 4) is 22.3 Å². The largest absolute Gasteiger partial charge is 0.0616 e. The van der Waals surface area contributed by atoms with Crippen molar-refractivity contribution in [2.24, 2.45) is 0 Å². The molecule has 4 aliphatic carbocycles. The Hall–Kier alpha value is -5.36. The number of hydrogen-bond donors (Lipinski definition) is 0. The second-order valence-corrected chi connectivity index (χ2v) is 18.9. The molecule has 0 nitrogen and oxygen atoms in total. The molecule has 0 radical (unpaired) electrons. The van der Waals surface area contributed by atoms with E-state index in [4.69, 9.17) is 0 Å². The zero-order chi connectivity index (χ0) is 40.5. The van der Waals surface area contributed by atoms with Crippen molar-refractivity contribution in [1.29, 1.82) is 0 Å². The van der Waals surface area contributed by atoms with Crippen LogP contribution in [-0.2, 0) is 0 Å². The summed E-state index contributed by atoms with van der Waals surface area (Å²) in [5.41, 5.74) is 25.5. The maximum Gasteiger partial charge on any atom is 0.0181 e. The molecule has 0 aromatic heterocycles. The molecule has 0 spiro atoms. The molecule has 60 heavy (non-hydrogen) atoms. The average molecular weight is 1020 g/mol. The number of hydrogen-bond acceptors (Lipinski definition) is 0. The second-order valence-electron chi connectivity index (χ2n) is 15.3. The van der Waals surface area contributed by atoms with Crippen LogP contribution in [0.3, 0.4) is 0 Å². The van der Waals surface area contributed by atoms with Gasteiger partial charge in [0.05, 0.1) is 0 Å². The molecule has 0 heterocycles. The Morgan fingerprint density at radius 2 is 0.450 bits per heavy atom. The Labute approximate surface area is 383 Å². The molecule has 8 aromatic rings. The van der Waals surface area contributed by atoms with Crippen molar-refractivity contribution in [3.05, 3.63) is 255 Å². The summed E-state index contributed by atoms with van der Waals surface area (Å²) in [5.74, 6) is 0. The Balaban J connectivity index is 0.000000136. The fraction of sp³-hybridized carbons (Fsp3) is 0. The van der Waals surface area contributed by atoms with Gasteiger partial charge in [0.2, 0.25) is 0 Å². The van der Waals surface area contributed by atoms with Crippen LogP contribution in [0.4, 0.5) is 0 Å². The summed E-state index contributed by atoms with van der Waals surface area (Å²) in [4.78, 5) is 0. The van der Waals surface area contributed by atoms with Gasteiger partial charge in [0.25, 0.3) is 0 Å². The highest BCUT2D eigenvalue weighted by Gasteiger charge is 2.31. The lowest BCUT2D eigenvalue weighted by atomic mass is 9.86. The van der Waals surface area contributed by atoms with E-state index in [1.807, 2.05) is 0 Å². The smallest absolute Gasteiger partial charge is 0.0181 e. The van der Waals surface area contributed by atoms with Crippen molar-refractivity contribution < 1.29 is 0 Å². The molecule has 0 saturated carbocycles. The molecule has 0 aliphatic heterocycles. The summed E-state index contributed by atoms with van der Waals surface area (Å²) in [5, 5.41) is 0. The van der Waals surface area contributed by atoms with Crippen molar-refractivity contribution in [1.82, 2.24) is 0 Å². The topological polar surface area (TPSA) is 0 Å². The van der Waals surface area contributed by atoms with Gasteiger partial charge in [-0.25, -0.2) is 0 Å². The zero-order valence-electron chi connectivity index (χ0n) is 32.0. The van der Waals surface area contributed by atoms with E-state index >= 15 is 0 Å². The minimum atomic E-state index is 1.10. The van der Waals surface area contributed by atoms with Gasteiger partial charge in [-0.05, 0) is 160 Å². The molecule has 0 saturated heterocycles. The van der Waals surface area contributed by atoms with Gasteiger partial charge < -0.3 is 0 Å². The Kier molecular flexibility index (Phi) is 9.58. The zero-order valence-corrected chi connectivity index (χ0v) is 38.3. The van der Waals surface area contributed by atoms with Crippen LogP contribution in [0.15, 0.2) is 188 Å². The van der Waals surface area contributed by atoms with Gasteiger partial charge in [-0.2, -0.15) is 0 Å². The predicted octanol–water partition coefficient (Wildman–Crippen LogP) is 17.4. The Morgan fingerprint density at radius 1 is 0.200 bits per heavy atom. The van der Waals surface area contributed by atoms with Crippen LogP contribution in [0, 0.1) is 0 Å². The van der Waals surface area contributed by atoms with E-state index in [9.17, 15) is 0 Å². The molecule has 4 aliphatic rings. The number of halogens is 4. The first kappa shape index (κ1) is 37.6. The van der Waals surface area contributed by atoms with E-state index in [1.54, 1.807) is 0 Å². The minimum Gasteiger partial charge on any atom is -0.0616 e. The SMILES string of the molecule is Brc1ccc2c(c1)-c1cc(Br)ccc1C2=C1c2ccccc2C=Cc2ccccc21.Brc1ccc2c(c1)C(=C1c3ccccc3C=Cc3ccccc31)c1cc(Br)ccc1-2. The van der Waals surface area contributed by atoms with Gasteiger partial charge in [-0.3, -0.25) is 0 Å². The first-order valence-electron chi connectivity index (χ1n) is 19.8. The summed E-state index contributed by atoms with van der Waals surface area (Å²) in [7, 11) is 0. The molecule has 4 heteroatoms. The lowest BCUT2D eigenvalue weighted by Crippen LogP contribution is -1.97. The molecular formula is C56H32Br4. The van der Waals surface area contributed by atoms with Crippen molar-refractivity contribution in [3.63, 3.8) is 0 Å². The first-order chi connectivity index (χ1) is 29.4. The van der Waals surface area contributed by atoms with E-state index in [0.29, 0.717) is 0 Å². The fourth-order valence-corrected chi connectivity index (χ4v) is 10.8. The van der Waals surface area contributed by atoms with Crippen LogP contribution in [0.1, 0.15) is 66.8 Å². The Morgan fingerprint density at radius 3 is 0.783 bits per heavy atom. The maximum absolute atomic E-state index is 3.71. The van der Waals surface area contributed by atoms with Crippen LogP contribution < -0.4 is 0 Å². The van der Waals surface area contributed by atoms with E-state index in [-0.39, 0.29) is 0 Å². The van der Waals surface area contributed by atoms with Crippen LogP contribution >= 0.6 is 63.7 Å². The highest BCUT2D eigenvalue weighted by Crippen LogP contribution is 2.53. The van der Waals surface area contributed by atoms with E-state index in [0.717, 1.165) is 17.9 Å². The van der Waals surface area contributed by atoms with Gasteiger partial charge in [-0.1, -0.05) is 209 Å². The molecule has 0 atom stereocenters. The molecule has 0 unspecified atom stereocenters. The fourth-order valence-electron chi connectivity index (χ4n) is 9.33. The van der Waals surface area contributed by atoms with E-state index in [1.165, 1.54) is 111 Å². The number of benzene rings is 8. The molecular weight excluding hydrogens is 992 g/mol. The molecule has 284 valence electrons. The van der Waals surface area contributed by atoms with Crippen molar-refractivity contribution >= 4 is 110 Å². The van der Waals surface area contributed by atoms with Crippen molar-refractivity contribution in [2.75, 3.05) is 0 Å². The van der Waals surface area contributed by atoms with Crippen LogP contribution in [0.5, 0.6) is 0 Å². The number of fused-ring (bicyclic) bond motifs is 10. The lowest BCUT2D eigenvalue weighted by molar-refractivity contribution is 1.51. The summed E-state index contributed by atoms with van der Waals surface area (Å²) in [6.07, 6.45) is 8.95. The Bertz CT molecular complexity index is 3040. The maximum atomic E-state index is 3.71. The van der Waals surface area contributed by atoms with Crippen LogP contribution in [0.2, 0.25) is 0 Å². The average Bonchev–Trinajstić information content (AvgIpc) is 3.59. The van der Waals surface area contributed by atoms with Crippen LogP contribution in [-0.4, -0.2) is 0 Å². The standard InChI is InChI=1S/2C28H16Br2/c29-19-11-13-23-25(15-19)26-16-20(30)12-14-24(26)28(23)27-21-7-3-1-5-17(21)9-10-18-6-2-4-8-22(18)27;29-19-11-13-23-24-14-12-20(30)16-26(24)28(25(23)15-19)27-21-7-3-1-5-17(21)9-10-18-6-2-4-8-22(18)27/h2*1-16H. The third kappa shape index (κ3) is 6.35. The lowest BCUT2D eigenvalue weighted by Gasteiger charge is -2.17. The molecule has 12 rings (SSSR count). The van der Waals surface area contributed by atoms with Crippen molar-refractivity contribution in [2.45, 2.75) is 0 Å². The molecule has 8 aromatic carbocycles. The van der Waals surface area contributed by atoms with Gasteiger partial charge in [0, 0.05) is 17.9 Å². The second kappa shape index (κ2) is 15.3. The van der Waals surface area contributed by atoms with Crippen LogP contribution in [0.25, 0.3) is 68.9 Å². The van der Waals surface area contributed by atoms with Gasteiger partial charge >= 0.3 is 0 Å². The highest BCUT2D eigenvalue weighted by molar-refractivity contribution is 9.11. The van der Waals surface area contributed by atoms with Gasteiger partial charge in [0.1, 0.15) is 0 Å². The predicted molar refractivity (Wildman–Crippen MR) is 268 cm³/mol. The first-order valence-corrected chi connectivity index (χ1v) is 23.0. The monoisotopic (exact) mass is 1020 g/mol. The molecule has 0 bridgehead atoms. The van der Waals surface area contributed by atoms with Gasteiger partial charge in [0.15, 0.2) is 0 Å². The highest BCUT2D eigenvalue weighted by atomic mass is 79.9. The van der Waals surface area contributed by atoms with E-state index < -0.39 is 0 Å². The third-order valence-corrected chi connectivity index (χ3v) is 13.9. The quantitative estimate of drug-likeness (QED) is 0.142. The summed E-state index contributed by atoms with van der Waals surface area (Å²) >= 11 is 14.8. The molecule has 0 N–H and O–H groups in total. The van der Waals surface area contributed by atoms with E-state index in [2.05, 4.69) is 258 Å².